The highest BCUT2D eigenvalue weighted by molar-refractivity contribution is 5.89. The molecular formula is C23H31FN4O4. The van der Waals surface area contributed by atoms with Crippen LogP contribution in [0.2, 0.25) is 0 Å². The van der Waals surface area contributed by atoms with Crippen LogP contribution in [0, 0.1) is 12.7 Å². The van der Waals surface area contributed by atoms with Gasteiger partial charge in [0.2, 0.25) is 5.89 Å². The molecule has 0 unspecified atom stereocenters. The third-order valence-corrected chi connectivity index (χ3v) is 6.70. The van der Waals surface area contributed by atoms with Crippen LogP contribution in [0.15, 0.2) is 22.7 Å². The highest BCUT2D eigenvalue weighted by Crippen LogP contribution is 2.38. The van der Waals surface area contributed by atoms with Crippen LogP contribution >= 0.6 is 0 Å². The number of hydrogen-bond acceptors (Lipinski definition) is 6. The van der Waals surface area contributed by atoms with E-state index in [0.29, 0.717) is 68.7 Å². The Kier molecular flexibility index (Phi) is 7.05. The summed E-state index contributed by atoms with van der Waals surface area (Å²) in [4.78, 5) is 19.3. The lowest BCUT2D eigenvalue weighted by Crippen LogP contribution is -2.47. The van der Waals surface area contributed by atoms with Crippen molar-refractivity contribution in [3.8, 4) is 0 Å². The molecule has 9 heteroatoms. The summed E-state index contributed by atoms with van der Waals surface area (Å²) < 4.78 is 30.3. The van der Waals surface area contributed by atoms with Gasteiger partial charge in [0.1, 0.15) is 5.82 Å². The first kappa shape index (κ1) is 22.7. The van der Waals surface area contributed by atoms with Gasteiger partial charge < -0.3 is 24.2 Å². The first-order valence-electron chi connectivity index (χ1n) is 11.2. The molecule has 0 atom stereocenters. The van der Waals surface area contributed by atoms with Crippen LogP contribution in [-0.4, -0.2) is 61.1 Å². The molecule has 2 aliphatic rings. The third kappa shape index (κ3) is 4.94. The molecule has 0 radical (unpaired) electrons. The Morgan fingerprint density at radius 2 is 2.06 bits per heavy atom. The van der Waals surface area contributed by atoms with E-state index in [2.05, 4.69) is 10.5 Å². The molecule has 0 bridgehead atoms. The minimum Gasteiger partial charge on any atom is -0.385 e. The quantitative estimate of drug-likeness (QED) is 0.721. The van der Waals surface area contributed by atoms with Crippen LogP contribution in [0.4, 0.5) is 14.9 Å². The Bertz CT molecular complexity index is 920. The molecule has 2 fully saturated rings. The van der Waals surface area contributed by atoms with Crippen molar-refractivity contribution in [3.05, 3.63) is 41.3 Å². The highest BCUT2D eigenvalue weighted by atomic mass is 19.1. The van der Waals surface area contributed by atoms with Crippen LogP contribution in [0.5, 0.6) is 0 Å². The molecule has 2 amide bonds. The minimum absolute atomic E-state index is 0.232. The summed E-state index contributed by atoms with van der Waals surface area (Å²) in [6, 6.07) is 4.48. The van der Waals surface area contributed by atoms with E-state index in [1.165, 1.54) is 6.07 Å². The number of aromatic nitrogens is 2. The summed E-state index contributed by atoms with van der Waals surface area (Å²) in [7, 11) is 1.68. The lowest BCUT2D eigenvalue weighted by Gasteiger charge is -2.39. The molecule has 2 saturated heterocycles. The number of benzene rings is 1. The first-order valence-corrected chi connectivity index (χ1v) is 11.2. The van der Waals surface area contributed by atoms with Crippen molar-refractivity contribution in [2.24, 2.45) is 0 Å². The molecule has 32 heavy (non-hydrogen) atoms. The molecule has 1 aromatic carbocycles. The van der Waals surface area contributed by atoms with Gasteiger partial charge in [0, 0.05) is 57.0 Å². The topological polar surface area (TPSA) is 89.7 Å². The third-order valence-electron chi connectivity index (χ3n) is 6.70. The van der Waals surface area contributed by atoms with Gasteiger partial charge in [0.15, 0.2) is 5.82 Å². The number of rotatable bonds is 6. The second kappa shape index (κ2) is 9.95. The number of anilines is 1. The molecular weight excluding hydrogens is 415 g/mol. The van der Waals surface area contributed by atoms with E-state index in [9.17, 15) is 9.18 Å². The zero-order valence-electron chi connectivity index (χ0n) is 18.7. The monoisotopic (exact) mass is 446 g/mol. The summed E-state index contributed by atoms with van der Waals surface area (Å²) in [5, 5.41) is 7.15. The van der Waals surface area contributed by atoms with E-state index in [4.69, 9.17) is 19.0 Å². The molecule has 1 N–H and O–H groups in total. The summed E-state index contributed by atoms with van der Waals surface area (Å²) in [6.07, 6.45) is 3.95. The largest absolute Gasteiger partial charge is 0.385 e. The van der Waals surface area contributed by atoms with Gasteiger partial charge in [-0.1, -0.05) is 11.2 Å². The Balaban J connectivity index is 1.43. The molecule has 3 heterocycles. The number of urea groups is 1. The molecule has 0 saturated carbocycles. The van der Waals surface area contributed by atoms with Gasteiger partial charge in [0.05, 0.1) is 0 Å². The average molecular weight is 447 g/mol. The SMILES string of the molecule is COCCC1(c2noc(C3CCOCC3)n2)CCN(C(=O)Nc2ccc(C)c(F)c2)CC1. The number of nitrogens with one attached hydrogen (secondary N) is 1. The van der Waals surface area contributed by atoms with Crippen LogP contribution in [0.1, 0.15) is 55.3 Å². The Morgan fingerprint density at radius 3 is 2.75 bits per heavy atom. The van der Waals surface area contributed by atoms with Crippen LogP contribution in [0.25, 0.3) is 0 Å². The van der Waals surface area contributed by atoms with Crippen LogP contribution in [-0.2, 0) is 14.9 Å². The standard InChI is InChI=1S/C23H31FN4O4/c1-16-3-4-18(15-19(16)24)25-22(29)28-10-7-23(8-11-28,9-14-30-2)21-26-20(32-27-21)17-5-12-31-13-6-17/h3-4,15,17H,5-14H2,1-2H3,(H,25,29). The number of ether oxygens (including phenoxy) is 2. The van der Waals surface area contributed by atoms with Gasteiger partial charge >= 0.3 is 6.03 Å². The number of aryl methyl sites for hydroxylation is 1. The number of likely N-dealkylation sites (tertiary alicyclic amines) is 1. The average Bonchev–Trinajstić information content (AvgIpc) is 3.32. The number of methoxy groups -OCH3 is 1. The van der Waals surface area contributed by atoms with Gasteiger partial charge in [-0.05, 0) is 56.7 Å². The number of nitrogens with zero attached hydrogens (tertiary/aromatic N) is 3. The Morgan fingerprint density at radius 1 is 1.31 bits per heavy atom. The van der Waals surface area contributed by atoms with Gasteiger partial charge in [-0.2, -0.15) is 4.98 Å². The van der Waals surface area contributed by atoms with Crippen molar-refractivity contribution < 1.29 is 23.2 Å². The van der Waals surface area contributed by atoms with Crippen LogP contribution in [0.3, 0.4) is 0 Å². The fourth-order valence-electron chi connectivity index (χ4n) is 4.45. The fourth-order valence-corrected chi connectivity index (χ4v) is 4.45. The van der Waals surface area contributed by atoms with Crippen molar-refractivity contribution in [3.63, 3.8) is 0 Å². The zero-order chi connectivity index (χ0) is 22.6. The Labute approximate surface area is 187 Å². The smallest absolute Gasteiger partial charge is 0.321 e. The van der Waals surface area contributed by atoms with E-state index in [-0.39, 0.29) is 23.2 Å². The number of piperidine rings is 1. The fraction of sp³-hybridized carbons (Fsp3) is 0.609. The van der Waals surface area contributed by atoms with E-state index in [1.54, 1.807) is 31.1 Å². The maximum atomic E-state index is 13.8. The number of carbonyl (C=O) groups excluding carboxylic acids is 1. The molecule has 2 aliphatic heterocycles. The van der Waals surface area contributed by atoms with Crippen LogP contribution < -0.4 is 5.32 Å². The highest BCUT2D eigenvalue weighted by Gasteiger charge is 2.41. The Hall–Kier alpha value is -2.52. The van der Waals surface area contributed by atoms with Gasteiger partial charge in [-0.25, -0.2) is 9.18 Å². The predicted octanol–water partition coefficient (Wildman–Crippen LogP) is 4.01. The minimum atomic E-state index is -0.336. The van der Waals surface area contributed by atoms with Crippen molar-refractivity contribution in [1.29, 1.82) is 0 Å². The molecule has 0 aliphatic carbocycles. The number of carbonyl (C=O) groups is 1. The molecule has 1 aromatic heterocycles. The maximum Gasteiger partial charge on any atom is 0.321 e. The normalized spacial score (nSPS) is 19.2. The van der Waals surface area contributed by atoms with E-state index in [0.717, 1.165) is 19.3 Å². The van der Waals surface area contributed by atoms with Gasteiger partial charge in [-0.3, -0.25) is 0 Å². The van der Waals surface area contributed by atoms with Gasteiger partial charge in [0.25, 0.3) is 0 Å². The molecule has 2 aromatic rings. The lowest BCUT2D eigenvalue weighted by molar-refractivity contribution is 0.0778. The molecule has 174 valence electrons. The predicted molar refractivity (Wildman–Crippen MR) is 116 cm³/mol. The molecule has 0 spiro atoms. The van der Waals surface area contributed by atoms with Gasteiger partial charge in [-0.15, -0.1) is 0 Å². The number of halogens is 1. The second-order valence-electron chi connectivity index (χ2n) is 8.75. The summed E-state index contributed by atoms with van der Waals surface area (Å²) in [5.74, 6) is 1.29. The number of amides is 2. The zero-order valence-corrected chi connectivity index (χ0v) is 18.7. The van der Waals surface area contributed by atoms with Crippen molar-refractivity contribution in [1.82, 2.24) is 15.0 Å². The first-order chi connectivity index (χ1) is 15.5. The van der Waals surface area contributed by atoms with E-state index >= 15 is 0 Å². The van der Waals surface area contributed by atoms with E-state index in [1.807, 2.05) is 0 Å². The van der Waals surface area contributed by atoms with Crippen molar-refractivity contribution >= 4 is 11.7 Å². The second-order valence-corrected chi connectivity index (χ2v) is 8.75. The van der Waals surface area contributed by atoms with Crippen molar-refractivity contribution in [2.45, 2.75) is 50.4 Å². The number of hydrogen-bond donors (Lipinski definition) is 1. The van der Waals surface area contributed by atoms with E-state index < -0.39 is 0 Å². The van der Waals surface area contributed by atoms with Crippen molar-refractivity contribution in [2.75, 3.05) is 45.3 Å². The lowest BCUT2D eigenvalue weighted by atomic mass is 9.75. The summed E-state index contributed by atoms with van der Waals surface area (Å²) in [5.41, 5.74) is 0.702. The maximum absolute atomic E-state index is 13.8. The molecule has 8 nitrogen and oxygen atoms in total. The summed E-state index contributed by atoms with van der Waals surface area (Å²) in [6.45, 7) is 4.79. The summed E-state index contributed by atoms with van der Waals surface area (Å²) >= 11 is 0. The molecule has 4 rings (SSSR count).